The molecule has 0 fully saturated rings. The molecule has 1 rings (SSSR count). The molecule has 1 N–H and O–H groups in total. The summed E-state index contributed by atoms with van der Waals surface area (Å²) in [5, 5.41) is 19.5. The van der Waals surface area contributed by atoms with Crippen molar-refractivity contribution >= 4 is 5.69 Å². The lowest BCUT2D eigenvalue weighted by Gasteiger charge is -2.09. The zero-order valence-electron chi connectivity index (χ0n) is 7.98. The smallest absolute Gasteiger partial charge is 0.276 e. The molecule has 0 unspecified atom stereocenters. The van der Waals surface area contributed by atoms with E-state index in [9.17, 15) is 10.1 Å². The van der Waals surface area contributed by atoms with Crippen molar-refractivity contribution in [2.75, 3.05) is 7.11 Å². The monoisotopic (exact) mass is 197 g/mol. The minimum atomic E-state index is -0.473. The van der Waals surface area contributed by atoms with E-state index in [2.05, 4.69) is 0 Å². The first-order chi connectivity index (χ1) is 6.61. The third kappa shape index (κ3) is 1.67. The molecule has 0 spiro atoms. The molecule has 1 aromatic rings. The van der Waals surface area contributed by atoms with Gasteiger partial charge in [-0.3, -0.25) is 10.1 Å². The quantitative estimate of drug-likeness (QED) is 0.587. The van der Waals surface area contributed by atoms with Gasteiger partial charge in [0, 0.05) is 11.6 Å². The summed E-state index contributed by atoms with van der Waals surface area (Å²) in [6.07, 6.45) is 0. The van der Waals surface area contributed by atoms with E-state index in [-0.39, 0.29) is 12.3 Å². The maximum absolute atomic E-state index is 10.6. The molecule has 5 nitrogen and oxygen atoms in total. The Balaban J connectivity index is 3.34. The standard InChI is InChI=1S/C9H11NO4/c1-6-8(10(12)13)4-3-7(5-11)9(6)14-2/h3-4,11H,5H2,1-2H3. The van der Waals surface area contributed by atoms with Crippen LogP contribution in [0.15, 0.2) is 12.1 Å². The number of hydrogen-bond donors (Lipinski definition) is 1. The fraction of sp³-hybridized carbons (Fsp3) is 0.333. The third-order valence-corrected chi connectivity index (χ3v) is 2.03. The topological polar surface area (TPSA) is 72.6 Å². The predicted octanol–water partition coefficient (Wildman–Crippen LogP) is 1.40. The zero-order chi connectivity index (χ0) is 10.7. The number of nitro groups is 1. The van der Waals surface area contributed by atoms with E-state index >= 15 is 0 Å². The summed E-state index contributed by atoms with van der Waals surface area (Å²) in [4.78, 5) is 10.1. The molecule has 0 radical (unpaired) electrons. The van der Waals surface area contributed by atoms with E-state index in [1.54, 1.807) is 6.92 Å². The van der Waals surface area contributed by atoms with Crippen LogP contribution >= 0.6 is 0 Å². The summed E-state index contributed by atoms with van der Waals surface area (Å²) in [6, 6.07) is 2.85. The predicted molar refractivity (Wildman–Crippen MR) is 50.3 cm³/mol. The van der Waals surface area contributed by atoms with Gasteiger partial charge in [0.15, 0.2) is 0 Å². The molecule has 0 aromatic heterocycles. The highest BCUT2D eigenvalue weighted by atomic mass is 16.6. The molecule has 0 atom stereocenters. The lowest BCUT2D eigenvalue weighted by molar-refractivity contribution is -0.385. The van der Waals surface area contributed by atoms with Gasteiger partial charge in [-0.1, -0.05) is 0 Å². The molecule has 0 saturated heterocycles. The van der Waals surface area contributed by atoms with Crippen molar-refractivity contribution in [2.24, 2.45) is 0 Å². The van der Waals surface area contributed by atoms with Crippen LogP contribution in [0.4, 0.5) is 5.69 Å². The summed E-state index contributed by atoms with van der Waals surface area (Å²) in [5.41, 5.74) is 0.985. The third-order valence-electron chi connectivity index (χ3n) is 2.03. The van der Waals surface area contributed by atoms with Gasteiger partial charge >= 0.3 is 0 Å². The second kappa shape index (κ2) is 4.06. The Morgan fingerprint density at radius 1 is 1.57 bits per heavy atom. The molecule has 76 valence electrons. The summed E-state index contributed by atoms with van der Waals surface area (Å²) in [7, 11) is 1.42. The van der Waals surface area contributed by atoms with E-state index < -0.39 is 4.92 Å². The molecule has 0 aliphatic rings. The fourth-order valence-corrected chi connectivity index (χ4v) is 1.34. The number of rotatable bonds is 3. The van der Waals surface area contributed by atoms with E-state index in [0.717, 1.165) is 0 Å². The minimum absolute atomic E-state index is 0.000880. The zero-order valence-corrected chi connectivity index (χ0v) is 7.98. The van der Waals surface area contributed by atoms with E-state index in [1.165, 1.54) is 19.2 Å². The van der Waals surface area contributed by atoms with Gasteiger partial charge < -0.3 is 9.84 Å². The van der Waals surface area contributed by atoms with Crippen molar-refractivity contribution < 1.29 is 14.8 Å². The lowest BCUT2D eigenvalue weighted by Crippen LogP contribution is -1.99. The second-order valence-electron chi connectivity index (χ2n) is 2.82. The number of aliphatic hydroxyl groups is 1. The summed E-state index contributed by atoms with van der Waals surface area (Å²) in [6.45, 7) is 1.40. The number of nitrogens with zero attached hydrogens (tertiary/aromatic N) is 1. The number of aliphatic hydroxyl groups excluding tert-OH is 1. The van der Waals surface area contributed by atoms with Crippen LogP contribution in [0, 0.1) is 17.0 Å². The first-order valence-electron chi connectivity index (χ1n) is 4.03. The van der Waals surface area contributed by atoms with E-state index in [1.807, 2.05) is 0 Å². The highest BCUT2D eigenvalue weighted by Crippen LogP contribution is 2.30. The van der Waals surface area contributed by atoms with Crippen molar-refractivity contribution in [3.8, 4) is 5.75 Å². The van der Waals surface area contributed by atoms with Crippen molar-refractivity contribution in [1.29, 1.82) is 0 Å². The Labute approximate surface area is 81.1 Å². The molecule has 5 heteroatoms. The largest absolute Gasteiger partial charge is 0.496 e. The molecular weight excluding hydrogens is 186 g/mol. The van der Waals surface area contributed by atoms with Crippen molar-refractivity contribution in [3.05, 3.63) is 33.4 Å². The SMILES string of the molecule is COc1c(CO)ccc([N+](=O)[O-])c1C. The first kappa shape index (κ1) is 10.5. The Morgan fingerprint density at radius 2 is 2.21 bits per heavy atom. The Kier molecular flexibility index (Phi) is 3.03. The second-order valence-corrected chi connectivity index (χ2v) is 2.82. The summed E-state index contributed by atoms with van der Waals surface area (Å²) < 4.78 is 4.99. The van der Waals surface area contributed by atoms with E-state index in [0.29, 0.717) is 16.9 Å². The van der Waals surface area contributed by atoms with Crippen molar-refractivity contribution in [3.63, 3.8) is 0 Å². The summed E-state index contributed by atoms with van der Waals surface area (Å²) in [5.74, 6) is 0.377. The average molecular weight is 197 g/mol. The maximum atomic E-state index is 10.6. The Morgan fingerprint density at radius 3 is 2.64 bits per heavy atom. The molecule has 0 aliphatic heterocycles. The Hall–Kier alpha value is -1.62. The number of ether oxygens (including phenoxy) is 1. The molecule has 0 saturated carbocycles. The van der Waals surface area contributed by atoms with Gasteiger partial charge in [-0.15, -0.1) is 0 Å². The van der Waals surface area contributed by atoms with Crippen LogP contribution in [-0.2, 0) is 6.61 Å². The molecule has 1 aromatic carbocycles. The van der Waals surface area contributed by atoms with Gasteiger partial charge in [-0.2, -0.15) is 0 Å². The van der Waals surface area contributed by atoms with Crippen LogP contribution in [-0.4, -0.2) is 17.1 Å². The molecular formula is C9H11NO4. The minimum Gasteiger partial charge on any atom is -0.496 e. The van der Waals surface area contributed by atoms with Crippen LogP contribution in [0.25, 0.3) is 0 Å². The van der Waals surface area contributed by atoms with Crippen molar-refractivity contribution in [1.82, 2.24) is 0 Å². The normalized spacial score (nSPS) is 9.93. The van der Waals surface area contributed by atoms with Crippen LogP contribution in [0.3, 0.4) is 0 Å². The lowest BCUT2D eigenvalue weighted by atomic mass is 10.1. The van der Waals surface area contributed by atoms with Crippen LogP contribution in [0.5, 0.6) is 5.75 Å². The number of methoxy groups -OCH3 is 1. The number of nitro benzene ring substituents is 1. The number of hydrogen-bond acceptors (Lipinski definition) is 4. The van der Waals surface area contributed by atoms with E-state index in [4.69, 9.17) is 9.84 Å². The van der Waals surface area contributed by atoms with Crippen LogP contribution < -0.4 is 4.74 Å². The molecule has 0 heterocycles. The van der Waals surface area contributed by atoms with Crippen LogP contribution in [0.1, 0.15) is 11.1 Å². The Bertz CT molecular complexity index is 362. The van der Waals surface area contributed by atoms with Crippen molar-refractivity contribution in [2.45, 2.75) is 13.5 Å². The first-order valence-corrected chi connectivity index (χ1v) is 4.03. The molecule has 14 heavy (non-hydrogen) atoms. The number of benzene rings is 1. The van der Waals surface area contributed by atoms with Gasteiger partial charge in [0.25, 0.3) is 5.69 Å². The molecule has 0 aliphatic carbocycles. The van der Waals surface area contributed by atoms with Gasteiger partial charge in [0.2, 0.25) is 0 Å². The van der Waals surface area contributed by atoms with Crippen LogP contribution in [0.2, 0.25) is 0 Å². The van der Waals surface area contributed by atoms with Gasteiger partial charge in [0.05, 0.1) is 24.2 Å². The average Bonchev–Trinajstić information content (AvgIpc) is 2.16. The molecule has 0 amide bonds. The highest BCUT2D eigenvalue weighted by molar-refractivity contribution is 5.52. The van der Waals surface area contributed by atoms with Gasteiger partial charge in [0.1, 0.15) is 5.75 Å². The maximum Gasteiger partial charge on any atom is 0.276 e. The van der Waals surface area contributed by atoms with Gasteiger partial charge in [-0.25, -0.2) is 0 Å². The fourth-order valence-electron chi connectivity index (χ4n) is 1.34. The summed E-state index contributed by atoms with van der Waals surface area (Å²) >= 11 is 0. The molecule has 0 bridgehead atoms. The van der Waals surface area contributed by atoms with Gasteiger partial charge in [-0.05, 0) is 13.0 Å². The highest BCUT2D eigenvalue weighted by Gasteiger charge is 2.17.